The molecule has 1 saturated carbocycles. The molecule has 1 atom stereocenters. The molecule has 1 aliphatic carbocycles. The molecule has 0 spiro atoms. The first-order chi connectivity index (χ1) is 14.1. The normalized spacial score (nSPS) is 17.1. The minimum Gasteiger partial charge on any atom is -0.390 e. The largest absolute Gasteiger partial charge is 0.390 e. The van der Waals surface area contributed by atoms with Crippen molar-refractivity contribution < 1.29 is 14.7 Å². The van der Waals surface area contributed by atoms with E-state index in [-0.39, 0.29) is 18.4 Å². The van der Waals surface area contributed by atoms with Crippen LogP contribution in [0.25, 0.3) is 10.7 Å². The summed E-state index contributed by atoms with van der Waals surface area (Å²) in [5.41, 5.74) is 0.790. The van der Waals surface area contributed by atoms with E-state index in [9.17, 15) is 14.7 Å². The SMILES string of the molecule is O=C1c2ccccc2C(=O)N1CC(O)CSc1nnc(-c2cccs2)n1C1CC1. The Labute approximate surface area is 175 Å². The standard InChI is InChI=1S/C20H18N4O3S2/c25-13(10-23-18(26)14-4-1-2-5-15(14)19(23)27)11-29-20-22-21-17(16-6-3-9-28-16)24(20)12-7-8-12/h1-6,9,12-13,25H,7-8,10-11H2. The molecule has 1 unspecified atom stereocenters. The minimum atomic E-state index is -0.850. The highest BCUT2D eigenvalue weighted by Gasteiger charge is 2.36. The maximum absolute atomic E-state index is 12.5. The quantitative estimate of drug-likeness (QED) is 0.461. The molecule has 1 aliphatic heterocycles. The van der Waals surface area contributed by atoms with Gasteiger partial charge in [0.25, 0.3) is 11.8 Å². The highest BCUT2D eigenvalue weighted by Crippen LogP contribution is 2.41. The molecule has 3 heterocycles. The molecular weight excluding hydrogens is 408 g/mol. The number of benzene rings is 1. The number of β-amino-alcohol motifs (C(OH)–C–C–N with tert-alkyl or cyclic N) is 1. The second-order valence-corrected chi connectivity index (χ2v) is 9.05. The van der Waals surface area contributed by atoms with Gasteiger partial charge in [0.1, 0.15) is 0 Å². The Morgan fingerprint density at radius 1 is 1.10 bits per heavy atom. The van der Waals surface area contributed by atoms with Crippen LogP contribution in [0, 0.1) is 0 Å². The van der Waals surface area contributed by atoms with Crippen LogP contribution in [0.1, 0.15) is 39.6 Å². The summed E-state index contributed by atoms with van der Waals surface area (Å²) >= 11 is 3.03. The molecule has 2 aromatic heterocycles. The number of fused-ring (bicyclic) bond motifs is 1. The van der Waals surface area contributed by atoms with E-state index in [1.165, 1.54) is 11.8 Å². The fraction of sp³-hybridized carbons (Fsp3) is 0.300. The lowest BCUT2D eigenvalue weighted by Crippen LogP contribution is -2.37. The molecule has 3 aromatic rings. The van der Waals surface area contributed by atoms with E-state index in [0.717, 1.165) is 33.6 Å². The monoisotopic (exact) mass is 426 g/mol. The van der Waals surface area contributed by atoms with Crippen LogP contribution in [-0.4, -0.2) is 55.0 Å². The molecule has 2 aliphatic rings. The van der Waals surface area contributed by atoms with Gasteiger partial charge in [0, 0.05) is 11.8 Å². The number of amides is 2. The molecule has 5 rings (SSSR count). The van der Waals surface area contributed by atoms with Crippen LogP contribution in [-0.2, 0) is 0 Å². The van der Waals surface area contributed by atoms with Crippen molar-refractivity contribution in [3.8, 4) is 10.7 Å². The van der Waals surface area contributed by atoms with Crippen LogP contribution in [0.3, 0.4) is 0 Å². The lowest BCUT2D eigenvalue weighted by atomic mass is 10.1. The number of thioether (sulfide) groups is 1. The smallest absolute Gasteiger partial charge is 0.261 e. The summed E-state index contributed by atoms with van der Waals surface area (Å²) in [7, 11) is 0. The third-order valence-corrected chi connectivity index (χ3v) is 6.95. The van der Waals surface area contributed by atoms with Crippen molar-refractivity contribution in [1.82, 2.24) is 19.7 Å². The summed E-state index contributed by atoms with van der Waals surface area (Å²) in [6.45, 7) is -0.0330. The number of carbonyl (C=O) groups excluding carboxylic acids is 2. The van der Waals surface area contributed by atoms with Crippen molar-refractivity contribution in [2.24, 2.45) is 0 Å². The fourth-order valence-electron chi connectivity index (χ4n) is 3.45. The number of rotatable bonds is 7. The lowest BCUT2D eigenvalue weighted by molar-refractivity contribution is 0.0567. The zero-order chi connectivity index (χ0) is 20.0. The molecular formula is C20H18N4O3S2. The molecule has 2 amide bonds. The summed E-state index contributed by atoms with van der Waals surface area (Å²) in [4.78, 5) is 27.1. The molecule has 1 N–H and O–H groups in total. The van der Waals surface area contributed by atoms with E-state index in [4.69, 9.17) is 0 Å². The topological polar surface area (TPSA) is 88.3 Å². The average Bonchev–Trinajstić information content (AvgIpc) is 3.17. The lowest BCUT2D eigenvalue weighted by Gasteiger charge is -2.18. The molecule has 7 nitrogen and oxygen atoms in total. The fourth-order valence-corrected chi connectivity index (χ4v) is 5.08. The number of aliphatic hydroxyl groups excluding tert-OH is 1. The minimum absolute atomic E-state index is 0.0330. The van der Waals surface area contributed by atoms with Crippen LogP contribution in [0.2, 0.25) is 0 Å². The van der Waals surface area contributed by atoms with E-state index in [2.05, 4.69) is 14.8 Å². The Balaban J connectivity index is 1.27. The molecule has 0 saturated heterocycles. The molecule has 1 fully saturated rings. The number of aliphatic hydroxyl groups is 1. The number of imide groups is 1. The van der Waals surface area contributed by atoms with Gasteiger partial charge in [0.05, 0.1) is 28.7 Å². The van der Waals surface area contributed by atoms with Gasteiger partial charge in [-0.15, -0.1) is 21.5 Å². The molecule has 29 heavy (non-hydrogen) atoms. The third-order valence-electron chi connectivity index (χ3n) is 4.99. The Bertz CT molecular complexity index is 1040. The van der Waals surface area contributed by atoms with Gasteiger partial charge < -0.3 is 5.11 Å². The van der Waals surface area contributed by atoms with Crippen molar-refractivity contribution in [3.63, 3.8) is 0 Å². The van der Waals surface area contributed by atoms with Gasteiger partial charge in [0.2, 0.25) is 0 Å². The van der Waals surface area contributed by atoms with E-state index < -0.39 is 6.10 Å². The maximum atomic E-state index is 12.5. The van der Waals surface area contributed by atoms with Crippen molar-refractivity contribution in [2.45, 2.75) is 30.1 Å². The van der Waals surface area contributed by atoms with Gasteiger partial charge in [-0.1, -0.05) is 30.0 Å². The van der Waals surface area contributed by atoms with Crippen molar-refractivity contribution in [2.75, 3.05) is 12.3 Å². The first-order valence-corrected chi connectivity index (χ1v) is 11.2. The Morgan fingerprint density at radius 3 is 2.45 bits per heavy atom. The van der Waals surface area contributed by atoms with E-state index in [0.29, 0.717) is 22.9 Å². The number of hydrogen-bond donors (Lipinski definition) is 1. The van der Waals surface area contributed by atoms with Crippen molar-refractivity contribution in [1.29, 1.82) is 0 Å². The van der Waals surface area contributed by atoms with Crippen molar-refractivity contribution >= 4 is 34.9 Å². The molecule has 148 valence electrons. The maximum Gasteiger partial charge on any atom is 0.261 e. The first kappa shape index (κ1) is 18.5. The number of hydrogen-bond acceptors (Lipinski definition) is 7. The van der Waals surface area contributed by atoms with E-state index in [1.54, 1.807) is 35.6 Å². The highest BCUT2D eigenvalue weighted by atomic mass is 32.2. The summed E-state index contributed by atoms with van der Waals surface area (Å²) < 4.78 is 2.14. The van der Waals surface area contributed by atoms with E-state index in [1.807, 2.05) is 17.5 Å². The van der Waals surface area contributed by atoms with Crippen LogP contribution in [0.15, 0.2) is 46.9 Å². The molecule has 0 bridgehead atoms. The van der Waals surface area contributed by atoms with Crippen LogP contribution in [0.5, 0.6) is 0 Å². The third kappa shape index (κ3) is 3.39. The van der Waals surface area contributed by atoms with Crippen LogP contribution < -0.4 is 0 Å². The van der Waals surface area contributed by atoms with Gasteiger partial charge in [-0.05, 0) is 36.4 Å². The van der Waals surface area contributed by atoms with Gasteiger partial charge in [0.15, 0.2) is 11.0 Å². The van der Waals surface area contributed by atoms with E-state index >= 15 is 0 Å². The predicted molar refractivity (Wildman–Crippen MR) is 110 cm³/mol. The first-order valence-electron chi connectivity index (χ1n) is 9.38. The van der Waals surface area contributed by atoms with Gasteiger partial charge >= 0.3 is 0 Å². The average molecular weight is 427 g/mol. The second kappa shape index (κ2) is 7.40. The molecule has 0 radical (unpaired) electrons. The van der Waals surface area contributed by atoms with Gasteiger partial charge in [-0.2, -0.15) is 0 Å². The number of nitrogens with zero attached hydrogens (tertiary/aromatic N) is 4. The number of thiophene rings is 1. The zero-order valence-corrected chi connectivity index (χ0v) is 17.0. The van der Waals surface area contributed by atoms with Crippen molar-refractivity contribution in [3.05, 3.63) is 52.9 Å². The highest BCUT2D eigenvalue weighted by molar-refractivity contribution is 7.99. The molecule has 9 heteroatoms. The second-order valence-electron chi connectivity index (χ2n) is 7.12. The summed E-state index contributed by atoms with van der Waals surface area (Å²) in [5.74, 6) is 0.481. The zero-order valence-electron chi connectivity index (χ0n) is 15.4. The summed E-state index contributed by atoms with van der Waals surface area (Å²) in [6, 6.07) is 11.2. The predicted octanol–water partition coefficient (Wildman–Crippen LogP) is 3.09. The Hall–Kier alpha value is -2.49. The Morgan fingerprint density at radius 2 is 1.83 bits per heavy atom. The Kier molecular flexibility index (Phi) is 4.73. The van der Waals surface area contributed by atoms with Crippen LogP contribution >= 0.6 is 23.1 Å². The summed E-state index contributed by atoms with van der Waals surface area (Å²) in [5, 5.41) is 22.0. The number of aromatic nitrogens is 3. The number of carbonyl (C=O) groups is 2. The van der Waals surface area contributed by atoms with Gasteiger partial charge in [-0.3, -0.25) is 19.1 Å². The van der Waals surface area contributed by atoms with Crippen LogP contribution in [0.4, 0.5) is 0 Å². The van der Waals surface area contributed by atoms with Gasteiger partial charge in [-0.25, -0.2) is 0 Å². The molecule has 1 aromatic carbocycles. The summed E-state index contributed by atoms with van der Waals surface area (Å²) in [6.07, 6.45) is 1.35.